The first kappa shape index (κ1) is 13.3. The summed E-state index contributed by atoms with van der Waals surface area (Å²) in [4.78, 5) is 11.8. The van der Waals surface area contributed by atoms with Crippen molar-refractivity contribution in [3.63, 3.8) is 0 Å². The first-order chi connectivity index (χ1) is 8.71. The molecule has 0 bridgehead atoms. The Morgan fingerprint density at radius 3 is 2.72 bits per heavy atom. The third kappa shape index (κ3) is 2.99. The smallest absolute Gasteiger partial charge is 0.341 e. The lowest BCUT2D eigenvalue weighted by Gasteiger charge is -2.15. The second-order valence-corrected chi connectivity index (χ2v) is 4.98. The van der Waals surface area contributed by atoms with Gasteiger partial charge >= 0.3 is 5.97 Å². The Labute approximate surface area is 113 Å². The Morgan fingerprint density at radius 1 is 1.39 bits per heavy atom. The van der Waals surface area contributed by atoms with Crippen molar-refractivity contribution in [1.82, 2.24) is 0 Å². The van der Waals surface area contributed by atoms with E-state index in [1.165, 1.54) is 0 Å². The van der Waals surface area contributed by atoms with Gasteiger partial charge in [0, 0.05) is 5.41 Å². The highest BCUT2D eigenvalue weighted by molar-refractivity contribution is 7.80. The highest BCUT2D eigenvalue weighted by atomic mass is 32.1. The molecule has 0 spiro atoms. The lowest BCUT2D eigenvalue weighted by molar-refractivity contribution is 0.0520. The normalized spacial score (nSPS) is 16.1. The van der Waals surface area contributed by atoms with Gasteiger partial charge in [-0.2, -0.15) is 12.6 Å². The van der Waals surface area contributed by atoms with Crippen molar-refractivity contribution in [3.8, 4) is 5.75 Å². The predicted molar refractivity (Wildman–Crippen MR) is 73.4 cm³/mol. The molecule has 1 fully saturated rings. The fourth-order valence-electron chi connectivity index (χ4n) is 1.73. The molecule has 1 aliphatic rings. The van der Waals surface area contributed by atoms with Crippen molar-refractivity contribution in [3.05, 3.63) is 29.8 Å². The summed E-state index contributed by atoms with van der Waals surface area (Å²) in [6.45, 7) is 2.78. The van der Waals surface area contributed by atoms with Gasteiger partial charge in [0.25, 0.3) is 0 Å². The molecule has 1 aromatic carbocycles. The number of rotatable bonds is 6. The van der Waals surface area contributed by atoms with Crippen LogP contribution in [-0.2, 0) is 4.74 Å². The minimum Gasteiger partial charge on any atom is -0.492 e. The SMILES string of the molecule is CCOC(=O)c1ccccc1OCC1(CS)CC1. The number of benzene rings is 1. The van der Waals surface area contributed by atoms with Crippen molar-refractivity contribution in [2.45, 2.75) is 19.8 Å². The van der Waals surface area contributed by atoms with Gasteiger partial charge in [-0.1, -0.05) is 12.1 Å². The van der Waals surface area contributed by atoms with E-state index in [9.17, 15) is 4.79 Å². The molecule has 1 aliphatic carbocycles. The quantitative estimate of drug-likeness (QED) is 0.635. The van der Waals surface area contributed by atoms with Crippen LogP contribution >= 0.6 is 12.6 Å². The summed E-state index contributed by atoms with van der Waals surface area (Å²) in [6.07, 6.45) is 2.30. The zero-order chi connectivity index (χ0) is 13.0. The largest absolute Gasteiger partial charge is 0.492 e. The van der Waals surface area contributed by atoms with Gasteiger partial charge in [0.05, 0.1) is 13.2 Å². The number of hydrogen-bond donors (Lipinski definition) is 1. The molecule has 0 atom stereocenters. The van der Waals surface area contributed by atoms with Crippen LogP contribution in [0.1, 0.15) is 30.1 Å². The van der Waals surface area contributed by atoms with E-state index in [2.05, 4.69) is 12.6 Å². The van der Waals surface area contributed by atoms with E-state index in [4.69, 9.17) is 9.47 Å². The molecule has 3 nitrogen and oxygen atoms in total. The molecular weight excluding hydrogens is 248 g/mol. The van der Waals surface area contributed by atoms with Crippen molar-refractivity contribution in [2.75, 3.05) is 19.0 Å². The summed E-state index contributed by atoms with van der Waals surface area (Å²) >= 11 is 4.34. The Hall–Kier alpha value is -1.16. The van der Waals surface area contributed by atoms with Crippen LogP contribution in [0.4, 0.5) is 0 Å². The van der Waals surface area contributed by atoms with E-state index in [1.54, 1.807) is 19.1 Å². The average Bonchev–Trinajstić information content (AvgIpc) is 3.18. The number of para-hydroxylation sites is 1. The first-order valence-electron chi connectivity index (χ1n) is 6.20. The summed E-state index contributed by atoms with van der Waals surface area (Å²) in [5.41, 5.74) is 0.708. The second-order valence-electron chi connectivity index (χ2n) is 4.66. The molecule has 0 heterocycles. The molecule has 0 aromatic heterocycles. The Morgan fingerprint density at radius 2 is 2.11 bits per heavy atom. The summed E-state index contributed by atoms with van der Waals surface area (Å²) in [5, 5.41) is 0. The van der Waals surface area contributed by atoms with Gasteiger partial charge in [0.1, 0.15) is 11.3 Å². The summed E-state index contributed by atoms with van der Waals surface area (Å²) in [5.74, 6) is 1.10. The topological polar surface area (TPSA) is 35.5 Å². The van der Waals surface area contributed by atoms with E-state index in [0.29, 0.717) is 24.5 Å². The van der Waals surface area contributed by atoms with Crippen LogP contribution in [0.15, 0.2) is 24.3 Å². The fraction of sp³-hybridized carbons (Fsp3) is 0.500. The number of hydrogen-bond acceptors (Lipinski definition) is 4. The van der Waals surface area contributed by atoms with Crippen LogP contribution in [0.3, 0.4) is 0 Å². The standard InChI is InChI=1S/C14H18O3S/c1-2-16-13(15)11-5-3-4-6-12(11)17-9-14(10-18)7-8-14/h3-6,18H,2,7-10H2,1H3. The monoisotopic (exact) mass is 266 g/mol. The summed E-state index contributed by atoms with van der Waals surface area (Å²) < 4.78 is 10.8. The number of carbonyl (C=O) groups excluding carboxylic acids is 1. The maximum atomic E-state index is 11.8. The molecular formula is C14H18O3S. The Bertz CT molecular complexity index is 427. The van der Waals surface area contributed by atoms with Crippen molar-refractivity contribution < 1.29 is 14.3 Å². The van der Waals surface area contributed by atoms with Crippen LogP contribution in [0.5, 0.6) is 5.75 Å². The number of carbonyl (C=O) groups is 1. The number of ether oxygens (including phenoxy) is 2. The fourth-order valence-corrected chi connectivity index (χ4v) is 2.13. The van der Waals surface area contributed by atoms with Gasteiger partial charge in [-0.25, -0.2) is 4.79 Å². The van der Waals surface area contributed by atoms with Gasteiger partial charge in [-0.3, -0.25) is 0 Å². The molecule has 0 saturated heterocycles. The molecule has 18 heavy (non-hydrogen) atoms. The molecule has 0 amide bonds. The highest BCUT2D eigenvalue weighted by Gasteiger charge is 2.42. The van der Waals surface area contributed by atoms with Gasteiger partial charge < -0.3 is 9.47 Å². The third-order valence-electron chi connectivity index (χ3n) is 3.21. The lowest BCUT2D eigenvalue weighted by atomic mass is 10.1. The van der Waals surface area contributed by atoms with Crippen LogP contribution in [0, 0.1) is 5.41 Å². The van der Waals surface area contributed by atoms with Gasteiger partial charge in [-0.15, -0.1) is 0 Å². The molecule has 0 radical (unpaired) electrons. The van der Waals surface area contributed by atoms with Gasteiger partial charge in [-0.05, 0) is 37.7 Å². The number of esters is 1. The van der Waals surface area contributed by atoms with E-state index >= 15 is 0 Å². The van der Waals surface area contributed by atoms with Crippen molar-refractivity contribution in [1.29, 1.82) is 0 Å². The zero-order valence-corrected chi connectivity index (χ0v) is 11.4. The molecule has 1 aromatic rings. The maximum absolute atomic E-state index is 11.8. The van der Waals surface area contributed by atoms with Crippen molar-refractivity contribution >= 4 is 18.6 Å². The van der Waals surface area contributed by atoms with E-state index in [1.807, 2.05) is 12.1 Å². The van der Waals surface area contributed by atoms with Crippen LogP contribution in [0.25, 0.3) is 0 Å². The minimum atomic E-state index is -0.330. The average molecular weight is 266 g/mol. The van der Waals surface area contributed by atoms with Crippen LogP contribution in [-0.4, -0.2) is 24.9 Å². The molecule has 0 aliphatic heterocycles. The van der Waals surface area contributed by atoms with E-state index < -0.39 is 0 Å². The molecule has 0 unspecified atom stereocenters. The molecule has 98 valence electrons. The molecule has 0 N–H and O–H groups in total. The Kier molecular flexibility index (Phi) is 4.17. The zero-order valence-electron chi connectivity index (χ0n) is 10.5. The highest BCUT2D eigenvalue weighted by Crippen LogP contribution is 2.46. The van der Waals surface area contributed by atoms with Gasteiger partial charge in [0.2, 0.25) is 0 Å². The van der Waals surface area contributed by atoms with Crippen molar-refractivity contribution in [2.24, 2.45) is 5.41 Å². The van der Waals surface area contributed by atoms with Crippen LogP contribution < -0.4 is 4.74 Å². The third-order valence-corrected chi connectivity index (χ3v) is 3.88. The minimum absolute atomic E-state index is 0.213. The second kappa shape index (κ2) is 5.65. The summed E-state index contributed by atoms with van der Waals surface area (Å²) in [7, 11) is 0. The summed E-state index contributed by atoms with van der Waals surface area (Å²) in [6, 6.07) is 7.21. The predicted octanol–water partition coefficient (Wildman–Crippen LogP) is 2.95. The molecule has 1 saturated carbocycles. The van der Waals surface area contributed by atoms with E-state index in [0.717, 1.165) is 18.6 Å². The first-order valence-corrected chi connectivity index (χ1v) is 6.84. The molecule has 2 rings (SSSR count). The lowest BCUT2D eigenvalue weighted by Crippen LogP contribution is -2.16. The Balaban J connectivity index is 2.05. The number of thiol groups is 1. The maximum Gasteiger partial charge on any atom is 0.341 e. The van der Waals surface area contributed by atoms with E-state index in [-0.39, 0.29) is 11.4 Å². The molecule has 4 heteroatoms. The van der Waals surface area contributed by atoms with Crippen LogP contribution in [0.2, 0.25) is 0 Å². The van der Waals surface area contributed by atoms with Gasteiger partial charge in [0.15, 0.2) is 0 Å².